The van der Waals surface area contributed by atoms with Gasteiger partial charge in [-0.3, -0.25) is 14.9 Å². The van der Waals surface area contributed by atoms with Gasteiger partial charge in [-0.05, 0) is 80.3 Å². The summed E-state index contributed by atoms with van der Waals surface area (Å²) in [7, 11) is 0. The maximum atomic E-state index is 13.7. The van der Waals surface area contributed by atoms with Crippen molar-refractivity contribution in [2.75, 3.05) is 28.0 Å². The second kappa shape index (κ2) is 11.2. The number of nitrogens with zero attached hydrogens (tertiary/aromatic N) is 1. The molecule has 9 nitrogen and oxygen atoms in total. The fourth-order valence-corrected chi connectivity index (χ4v) is 5.69. The SMILES string of the molecule is CC(C)(C)OC(=O)Nc1ccc(C(=O)Nc2ccc3oc(C(=O)N4CC(CCl)c5c4cc(O)c4ccccc54)cc3c2)cc1. The quantitative estimate of drug-likeness (QED) is 0.174. The predicted octanol–water partition coefficient (Wildman–Crippen LogP) is 7.87. The normalized spacial score (nSPS) is 14.5. The lowest BCUT2D eigenvalue weighted by atomic mass is 9.95. The molecule has 3 N–H and O–H groups in total. The number of ether oxygens (including phenoxy) is 1. The van der Waals surface area contributed by atoms with E-state index in [4.69, 9.17) is 20.8 Å². The molecule has 2 heterocycles. The zero-order valence-electron chi connectivity index (χ0n) is 24.3. The first kappa shape index (κ1) is 29.1. The van der Waals surface area contributed by atoms with Gasteiger partial charge in [-0.2, -0.15) is 0 Å². The minimum atomic E-state index is -0.625. The maximum absolute atomic E-state index is 13.7. The Labute approximate surface area is 258 Å². The number of amides is 3. The van der Waals surface area contributed by atoms with Crippen LogP contribution in [0.4, 0.5) is 21.9 Å². The van der Waals surface area contributed by atoms with E-state index in [-0.39, 0.29) is 29.2 Å². The van der Waals surface area contributed by atoms with Crippen LogP contribution in [-0.4, -0.2) is 41.0 Å². The molecule has 5 aromatic rings. The molecule has 1 aliphatic rings. The number of nitrogens with one attached hydrogen (secondary N) is 2. The Kier molecular flexibility index (Phi) is 7.43. The van der Waals surface area contributed by atoms with Crippen molar-refractivity contribution in [1.82, 2.24) is 0 Å². The van der Waals surface area contributed by atoms with Crippen LogP contribution in [0.15, 0.2) is 83.3 Å². The smallest absolute Gasteiger partial charge is 0.412 e. The lowest BCUT2D eigenvalue weighted by Gasteiger charge is -2.19. The molecule has 0 saturated carbocycles. The number of fused-ring (bicyclic) bond motifs is 4. The fourth-order valence-electron chi connectivity index (χ4n) is 5.43. The zero-order valence-corrected chi connectivity index (χ0v) is 25.1. The van der Waals surface area contributed by atoms with E-state index >= 15 is 0 Å². The first-order valence-electron chi connectivity index (χ1n) is 14.1. The van der Waals surface area contributed by atoms with Crippen LogP contribution in [0.3, 0.4) is 0 Å². The highest BCUT2D eigenvalue weighted by molar-refractivity contribution is 6.19. The van der Waals surface area contributed by atoms with Gasteiger partial charge in [-0.1, -0.05) is 24.3 Å². The van der Waals surface area contributed by atoms with Crippen LogP contribution in [-0.2, 0) is 4.74 Å². The molecule has 1 unspecified atom stereocenters. The minimum absolute atomic E-state index is 0.0892. The molecule has 224 valence electrons. The van der Waals surface area contributed by atoms with E-state index in [1.165, 1.54) is 0 Å². The molecule has 0 spiro atoms. The number of phenolic OH excluding ortho intramolecular Hbond substituents is 1. The van der Waals surface area contributed by atoms with Crippen LogP contribution in [0.5, 0.6) is 5.75 Å². The van der Waals surface area contributed by atoms with Crippen molar-refractivity contribution in [3.8, 4) is 5.75 Å². The molecule has 0 fully saturated rings. The molecule has 3 amide bonds. The Hall–Kier alpha value is -5.02. The Bertz CT molecular complexity index is 1930. The van der Waals surface area contributed by atoms with Crippen molar-refractivity contribution >= 4 is 68.3 Å². The summed E-state index contributed by atoms with van der Waals surface area (Å²) in [5, 5.41) is 18.4. The van der Waals surface area contributed by atoms with Gasteiger partial charge >= 0.3 is 6.09 Å². The number of hydrogen-bond acceptors (Lipinski definition) is 6. The molecule has 4 aromatic carbocycles. The average Bonchev–Trinajstić information content (AvgIpc) is 3.57. The maximum Gasteiger partial charge on any atom is 0.412 e. The van der Waals surface area contributed by atoms with Gasteiger partial charge in [0.25, 0.3) is 11.8 Å². The number of halogens is 1. The van der Waals surface area contributed by atoms with Crippen LogP contribution >= 0.6 is 11.6 Å². The van der Waals surface area contributed by atoms with Crippen LogP contribution in [0.1, 0.15) is 53.2 Å². The number of furan rings is 1. The number of alkyl halides is 1. The topological polar surface area (TPSA) is 121 Å². The van der Waals surface area contributed by atoms with Gasteiger partial charge in [0.05, 0.1) is 5.69 Å². The molecule has 1 aromatic heterocycles. The molecule has 10 heteroatoms. The Balaban J connectivity index is 1.19. The van der Waals surface area contributed by atoms with E-state index in [0.717, 1.165) is 10.9 Å². The third kappa shape index (κ3) is 5.66. The minimum Gasteiger partial charge on any atom is -0.507 e. The van der Waals surface area contributed by atoms with Crippen LogP contribution in [0, 0.1) is 0 Å². The summed E-state index contributed by atoms with van der Waals surface area (Å²) in [6, 6.07) is 22.3. The van der Waals surface area contributed by atoms with E-state index in [1.54, 1.807) is 80.3 Å². The Morgan fingerprint density at radius 1 is 0.955 bits per heavy atom. The summed E-state index contributed by atoms with van der Waals surface area (Å²) >= 11 is 6.33. The second-order valence-electron chi connectivity index (χ2n) is 11.7. The first-order chi connectivity index (χ1) is 21.0. The van der Waals surface area contributed by atoms with Gasteiger partial charge in [0.15, 0.2) is 5.76 Å². The van der Waals surface area contributed by atoms with Crippen molar-refractivity contribution in [2.45, 2.75) is 32.3 Å². The lowest BCUT2D eigenvalue weighted by molar-refractivity contribution is 0.0635. The van der Waals surface area contributed by atoms with Crippen molar-refractivity contribution in [3.05, 3.63) is 95.7 Å². The Morgan fingerprint density at radius 3 is 2.36 bits per heavy atom. The molecule has 0 bridgehead atoms. The van der Waals surface area contributed by atoms with E-state index in [1.807, 2.05) is 24.3 Å². The number of anilines is 3. The van der Waals surface area contributed by atoms with E-state index in [2.05, 4.69) is 10.6 Å². The molecular weight excluding hydrogens is 582 g/mol. The first-order valence-corrected chi connectivity index (χ1v) is 14.6. The van der Waals surface area contributed by atoms with Gasteiger partial charge in [0.1, 0.15) is 16.9 Å². The third-order valence-electron chi connectivity index (χ3n) is 7.35. The van der Waals surface area contributed by atoms with Gasteiger partial charge < -0.3 is 24.5 Å². The highest BCUT2D eigenvalue weighted by Gasteiger charge is 2.36. The summed E-state index contributed by atoms with van der Waals surface area (Å²) in [5.74, 6) is -0.264. The number of carbonyl (C=O) groups excluding carboxylic acids is 3. The van der Waals surface area contributed by atoms with Crippen molar-refractivity contribution < 1.29 is 28.6 Å². The number of rotatable bonds is 5. The number of benzene rings is 4. The predicted molar refractivity (Wildman–Crippen MR) is 171 cm³/mol. The van der Waals surface area contributed by atoms with Crippen LogP contribution in [0.2, 0.25) is 0 Å². The number of hydrogen-bond donors (Lipinski definition) is 3. The summed E-state index contributed by atoms with van der Waals surface area (Å²) in [6.45, 7) is 5.68. The average molecular weight is 612 g/mol. The summed E-state index contributed by atoms with van der Waals surface area (Å²) in [4.78, 5) is 40.2. The standard InChI is InChI=1S/C34H30ClN3O6/c1-34(2,3)44-33(42)37-22-10-8-19(9-11-22)31(40)36-23-12-13-28-20(14-23)15-29(43-28)32(41)38-18-21(17-35)30-25-7-5-4-6-24(25)27(39)16-26(30)38/h4-16,21,39H,17-18H2,1-3H3,(H,36,40)(H,37,42). The van der Waals surface area contributed by atoms with Gasteiger partial charge in [-0.15, -0.1) is 11.6 Å². The fraction of sp³-hybridized carbons (Fsp3) is 0.206. The highest BCUT2D eigenvalue weighted by Crippen LogP contribution is 2.45. The Morgan fingerprint density at radius 2 is 1.66 bits per heavy atom. The van der Waals surface area contributed by atoms with Crippen molar-refractivity contribution in [1.29, 1.82) is 0 Å². The van der Waals surface area contributed by atoms with E-state index in [9.17, 15) is 19.5 Å². The summed E-state index contributed by atoms with van der Waals surface area (Å²) in [5.41, 5.74) is 2.80. The molecule has 0 aliphatic carbocycles. The second-order valence-corrected chi connectivity index (χ2v) is 12.0. The zero-order chi connectivity index (χ0) is 31.2. The number of aromatic hydroxyl groups is 1. The lowest BCUT2D eigenvalue weighted by Crippen LogP contribution is -2.29. The van der Waals surface area contributed by atoms with Gasteiger partial charge in [-0.25, -0.2) is 4.79 Å². The van der Waals surface area contributed by atoms with E-state index < -0.39 is 11.7 Å². The third-order valence-corrected chi connectivity index (χ3v) is 7.73. The molecule has 6 rings (SSSR count). The van der Waals surface area contributed by atoms with Crippen molar-refractivity contribution in [2.24, 2.45) is 0 Å². The van der Waals surface area contributed by atoms with E-state index in [0.29, 0.717) is 51.4 Å². The highest BCUT2D eigenvalue weighted by atomic mass is 35.5. The van der Waals surface area contributed by atoms with Crippen LogP contribution in [0.25, 0.3) is 21.7 Å². The van der Waals surface area contributed by atoms with Crippen molar-refractivity contribution in [3.63, 3.8) is 0 Å². The van der Waals surface area contributed by atoms with Gasteiger partial charge in [0, 0.05) is 52.1 Å². The molecule has 1 aliphatic heterocycles. The molecule has 1 atom stereocenters. The number of carbonyl (C=O) groups is 3. The molecular formula is C34H30ClN3O6. The molecule has 0 saturated heterocycles. The largest absolute Gasteiger partial charge is 0.507 e. The van der Waals surface area contributed by atoms with Crippen LogP contribution < -0.4 is 15.5 Å². The molecule has 0 radical (unpaired) electrons. The number of phenols is 1. The summed E-state index contributed by atoms with van der Waals surface area (Å²) < 4.78 is 11.2. The molecule has 44 heavy (non-hydrogen) atoms. The summed E-state index contributed by atoms with van der Waals surface area (Å²) in [6.07, 6.45) is -0.583. The monoisotopic (exact) mass is 611 g/mol. The van der Waals surface area contributed by atoms with Gasteiger partial charge in [0.2, 0.25) is 0 Å².